The van der Waals surface area contributed by atoms with Gasteiger partial charge in [-0.3, -0.25) is 38.6 Å². The molecule has 1 atom stereocenters. The molecule has 1 N–H and O–H groups in total. The summed E-state index contributed by atoms with van der Waals surface area (Å²) in [5.74, 6) is -3.33. The van der Waals surface area contributed by atoms with E-state index in [1.807, 2.05) is 0 Å². The number of esters is 4. The van der Waals surface area contributed by atoms with E-state index >= 15 is 0 Å². The van der Waals surface area contributed by atoms with E-state index in [0.29, 0.717) is 19.3 Å². The Balaban J connectivity index is 3.40. The van der Waals surface area contributed by atoms with Gasteiger partial charge >= 0.3 is 23.9 Å². The summed E-state index contributed by atoms with van der Waals surface area (Å²) in [5.41, 5.74) is -3.38. The molecule has 1 rings (SSSR count). The number of hydrogen-bond acceptors (Lipinski definition) is 14. The molecule has 0 aliphatic carbocycles. The average molecular weight is 726 g/mol. The first-order valence-electron chi connectivity index (χ1n) is 16.9. The summed E-state index contributed by atoms with van der Waals surface area (Å²) in [6.45, 7) is 17.9. The van der Waals surface area contributed by atoms with Crippen molar-refractivity contribution in [3.05, 3.63) is 18.2 Å². The van der Waals surface area contributed by atoms with Crippen LogP contribution < -0.4 is 0 Å². The zero-order chi connectivity index (χ0) is 39.4. The molecule has 1 amide bonds. The number of amides is 1. The molecule has 0 saturated heterocycles. The maximum Gasteiger partial charge on any atom is 0.326 e. The summed E-state index contributed by atoms with van der Waals surface area (Å²) >= 11 is 0. The second-order valence-corrected chi connectivity index (χ2v) is 16.2. The zero-order valence-corrected chi connectivity index (χ0v) is 32.4. The highest BCUT2D eigenvalue weighted by atomic mass is 16.6. The summed E-state index contributed by atoms with van der Waals surface area (Å²) in [7, 11) is 0. The Morgan fingerprint density at radius 3 is 1.53 bits per heavy atom. The highest BCUT2D eigenvalue weighted by Gasteiger charge is 2.31. The maximum atomic E-state index is 13.8. The molecule has 0 radical (unpaired) electrons. The monoisotopic (exact) mass is 725 g/mol. The lowest BCUT2D eigenvalue weighted by Gasteiger charge is -2.33. The fourth-order valence-electron chi connectivity index (χ4n) is 4.60. The lowest BCUT2D eigenvalue weighted by molar-refractivity contribution is -0.166. The summed E-state index contributed by atoms with van der Waals surface area (Å²) in [6.07, 6.45) is 2.60. The van der Waals surface area contributed by atoms with Crippen LogP contribution in [0, 0.1) is 0 Å². The van der Waals surface area contributed by atoms with Gasteiger partial charge in [0.25, 0.3) is 0 Å². The number of carbonyl (C=O) groups excluding carboxylic acids is 6. The first kappa shape index (κ1) is 45.1. The quantitative estimate of drug-likeness (QED) is 0.100. The molecule has 0 aliphatic rings. The van der Waals surface area contributed by atoms with Crippen LogP contribution in [0.1, 0.15) is 100 Å². The number of nitrogens with zero attached hydrogens (tertiary/aromatic N) is 5. The van der Waals surface area contributed by atoms with Gasteiger partial charge in [0.1, 0.15) is 41.7 Å². The van der Waals surface area contributed by atoms with Gasteiger partial charge in [-0.1, -0.05) is 0 Å². The first-order valence-corrected chi connectivity index (χ1v) is 16.9. The van der Waals surface area contributed by atoms with Crippen molar-refractivity contribution in [3.63, 3.8) is 0 Å². The summed E-state index contributed by atoms with van der Waals surface area (Å²) in [6, 6.07) is 0. The van der Waals surface area contributed by atoms with Crippen LogP contribution in [0.4, 0.5) is 0 Å². The molecular formula is C35H59N5O11. The van der Waals surface area contributed by atoms with Gasteiger partial charge in [-0.15, -0.1) is 0 Å². The van der Waals surface area contributed by atoms with Crippen LogP contribution in [0.3, 0.4) is 0 Å². The Hall–Kier alpha value is -3.89. The third kappa shape index (κ3) is 20.5. The van der Waals surface area contributed by atoms with Crippen molar-refractivity contribution in [2.45, 2.75) is 125 Å². The molecule has 1 aromatic rings. The van der Waals surface area contributed by atoms with Gasteiger partial charge in [0.2, 0.25) is 5.91 Å². The lowest BCUT2D eigenvalue weighted by Crippen LogP contribution is -2.52. The number of aryl methyl sites for hydroxylation is 1. The van der Waals surface area contributed by atoms with Crippen LogP contribution in [-0.4, -0.2) is 140 Å². The highest BCUT2D eigenvalue weighted by Crippen LogP contribution is 2.14. The molecule has 16 heteroatoms. The number of aliphatic hydroxyl groups is 1. The van der Waals surface area contributed by atoms with Gasteiger partial charge in [0.05, 0.1) is 19.6 Å². The minimum atomic E-state index is -1.48. The Morgan fingerprint density at radius 1 is 0.725 bits per heavy atom. The Bertz CT molecular complexity index is 1270. The molecule has 16 nitrogen and oxygen atoms in total. The van der Waals surface area contributed by atoms with Crippen LogP contribution in [0.15, 0.2) is 12.4 Å². The summed E-state index contributed by atoms with van der Waals surface area (Å²) in [5, 5.41) is 11.5. The fraction of sp³-hybridized carbons (Fsp3) is 0.743. The number of aromatic nitrogens is 2. The maximum absolute atomic E-state index is 13.8. The molecule has 1 aromatic heterocycles. The highest BCUT2D eigenvalue weighted by molar-refractivity contribution is 5.87. The number of hydrogen-bond donors (Lipinski definition) is 1. The van der Waals surface area contributed by atoms with E-state index in [2.05, 4.69) is 4.98 Å². The molecule has 1 heterocycles. The minimum absolute atomic E-state index is 0.165. The molecule has 51 heavy (non-hydrogen) atoms. The molecule has 0 bridgehead atoms. The second kappa shape index (κ2) is 19.1. The first-order chi connectivity index (χ1) is 23.2. The van der Waals surface area contributed by atoms with E-state index in [1.54, 1.807) is 98.7 Å². The number of rotatable bonds is 18. The molecule has 0 spiro atoms. The summed E-state index contributed by atoms with van der Waals surface area (Å²) < 4.78 is 23.3. The van der Waals surface area contributed by atoms with Crippen molar-refractivity contribution in [1.29, 1.82) is 0 Å². The number of aldehydes is 1. The van der Waals surface area contributed by atoms with Crippen molar-refractivity contribution in [3.8, 4) is 0 Å². The van der Waals surface area contributed by atoms with E-state index in [4.69, 9.17) is 18.9 Å². The van der Waals surface area contributed by atoms with E-state index in [9.17, 15) is 33.9 Å². The van der Waals surface area contributed by atoms with Gasteiger partial charge in [-0.05, 0) is 89.5 Å². The van der Waals surface area contributed by atoms with Crippen LogP contribution in [0.5, 0.6) is 0 Å². The Morgan fingerprint density at radius 2 is 1.14 bits per heavy atom. The van der Waals surface area contributed by atoms with E-state index in [0.717, 1.165) is 4.90 Å². The van der Waals surface area contributed by atoms with Gasteiger partial charge < -0.3 is 33.5 Å². The summed E-state index contributed by atoms with van der Waals surface area (Å²) in [4.78, 5) is 84.2. The largest absolute Gasteiger partial charge is 0.459 e. The van der Waals surface area contributed by atoms with Crippen molar-refractivity contribution in [2.24, 2.45) is 0 Å². The smallest absolute Gasteiger partial charge is 0.326 e. The van der Waals surface area contributed by atoms with Crippen LogP contribution >= 0.6 is 0 Å². The van der Waals surface area contributed by atoms with Gasteiger partial charge in [-0.2, -0.15) is 0 Å². The molecule has 0 fully saturated rings. The molecule has 1 unspecified atom stereocenters. The molecule has 0 aliphatic heterocycles. The van der Waals surface area contributed by atoms with Crippen LogP contribution in [-0.2, 0) is 49.5 Å². The van der Waals surface area contributed by atoms with Crippen LogP contribution in [0.2, 0.25) is 0 Å². The predicted octanol–water partition coefficient (Wildman–Crippen LogP) is 2.20. The average Bonchev–Trinajstić information content (AvgIpc) is 3.35. The predicted molar refractivity (Wildman–Crippen MR) is 186 cm³/mol. The van der Waals surface area contributed by atoms with E-state index in [-0.39, 0.29) is 25.5 Å². The molecular weight excluding hydrogens is 666 g/mol. The normalized spacial score (nSPS) is 13.1. The fourth-order valence-corrected chi connectivity index (χ4v) is 4.60. The minimum Gasteiger partial charge on any atom is -0.459 e. The second-order valence-electron chi connectivity index (χ2n) is 16.2. The number of aliphatic hydroxyl groups excluding tert-OH is 1. The zero-order valence-electron chi connectivity index (χ0n) is 32.4. The van der Waals surface area contributed by atoms with Crippen molar-refractivity contribution < 1.29 is 52.8 Å². The van der Waals surface area contributed by atoms with Gasteiger partial charge in [0, 0.05) is 32.0 Å². The number of carbonyl (C=O) groups is 6. The van der Waals surface area contributed by atoms with Crippen molar-refractivity contribution in [1.82, 2.24) is 24.3 Å². The van der Waals surface area contributed by atoms with Crippen LogP contribution in [0.25, 0.3) is 0 Å². The standard InChI is InChI=1S/C35H59N5O11/c1-32(2,3)48-28(44)20-39(21-29(45)49-33(4,5)6)26(42)18-37(15-13-16-38-17-14-36-25(38)24-41)19-27(43)40(22-30(46)50-34(7,8)9)23-31(47)51-35(10,11)12/h14,17,24,26,42H,13,15-16,18-23H2,1-12H3. The Kier molecular flexibility index (Phi) is 16.9. The topological polar surface area (TPSA) is 187 Å². The van der Waals surface area contributed by atoms with E-state index < -0.39 is 84.6 Å². The van der Waals surface area contributed by atoms with Gasteiger partial charge in [0.15, 0.2) is 12.1 Å². The van der Waals surface area contributed by atoms with E-state index in [1.165, 1.54) is 11.1 Å². The molecule has 0 aromatic carbocycles. The lowest BCUT2D eigenvalue weighted by atomic mass is 10.2. The Labute approximate surface area is 301 Å². The van der Waals surface area contributed by atoms with Crippen molar-refractivity contribution >= 4 is 36.1 Å². The molecule has 290 valence electrons. The third-order valence-electron chi connectivity index (χ3n) is 6.27. The third-order valence-corrected chi connectivity index (χ3v) is 6.27. The number of imidazole rings is 1. The SMILES string of the molecule is CC(C)(C)OC(=O)CN(CC(=O)OC(C)(C)C)C(=O)CN(CCCn1ccnc1C=O)CC(O)N(CC(=O)OC(C)(C)C)CC(=O)OC(C)(C)C. The van der Waals surface area contributed by atoms with Gasteiger partial charge in [-0.25, -0.2) is 4.98 Å². The number of ether oxygens (including phenoxy) is 4. The van der Waals surface area contributed by atoms with Crippen molar-refractivity contribution in [2.75, 3.05) is 45.8 Å². The molecule has 0 saturated carbocycles.